The average molecular weight is 319 g/mol. The van der Waals surface area contributed by atoms with Crippen LogP contribution >= 0.6 is 11.6 Å². The number of halogens is 1. The number of hydrogen-bond acceptors (Lipinski definition) is 3. The van der Waals surface area contributed by atoms with E-state index in [1.165, 1.54) is 0 Å². The Labute approximate surface area is 133 Å². The zero-order valence-electron chi connectivity index (χ0n) is 11.7. The van der Waals surface area contributed by atoms with E-state index in [0.29, 0.717) is 16.5 Å². The summed E-state index contributed by atoms with van der Waals surface area (Å²) >= 11 is 5.74. The minimum atomic E-state index is -0.734. The maximum Gasteiger partial charge on any atom is 0.313 e. The standard InChI is InChI=1S/C16H15ClN2O3/c17-12-6-8-13(9-7-12)19-16(21)15(20)18-10-11-22-14-4-2-1-3-5-14/h1-9H,10-11H2,(H,18,20)(H,19,21). The van der Waals surface area contributed by atoms with Crippen LogP contribution in [0.4, 0.5) is 5.69 Å². The van der Waals surface area contributed by atoms with E-state index in [0.717, 1.165) is 0 Å². The lowest BCUT2D eigenvalue weighted by Crippen LogP contribution is -2.37. The fourth-order valence-electron chi connectivity index (χ4n) is 1.65. The van der Waals surface area contributed by atoms with Crippen molar-refractivity contribution < 1.29 is 14.3 Å². The van der Waals surface area contributed by atoms with Crippen molar-refractivity contribution in [2.24, 2.45) is 0 Å². The third-order valence-corrected chi connectivity index (χ3v) is 2.96. The highest BCUT2D eigenvalue weighted by molar-refractivity contribution is 6.39. The first kappa shape index (κ1) is 15.9. The van der Waals surface area contributed by atoms with Crippen molar-refractivity contribution in [1.82, 2.24) is 5.32 Å². The number of anilines is 1. The van der Waals surface area contributed by atoms with Crippen LogP contribution < -0.4 is 15.4 Å². The van der Waals surface area contributed by atoms with Gasteiger partial charge in [-0.1, -0.05) is 29.8 Å². The van der Waals surface area contributed by atoms with Crippen LogP contribution in [0.3, 0.4) is 0 Å². The lowest BCUT2D eigenvalue weighted by molar-refractivity contribution is -0.136. The van der Waals surface area contributed by atoms with Gasteiger partial charge in [-0.25, -0.2) is 0 Å². The maximum atomic E-state index is 11.7. The SMILES string of the molecule is O=C(NCCOc1ccccc1)C(=O)Nc1ccc(Cl)cc1. The monoisotopic (exact) mass is 318 g/mol. The number of rotatable bonds is 5. The molecule has 22 heavy (non-hydrogen) atoms. The Balaban J connectivity index is 1.70. The summed E-state index contributed by atoms with van der Waals surface area (Å²) in [6, 6.07) is 15.7. The van der Waals surface area contributed by atoms with Crippen molar-refractivity contribution >= 4 is 29.1 Å². The fraction of sp³-hybridized carbons (Fsp3) is 0.125. The molecular formula is C16H15ClN2O3. The summed E-state index contributed by atoms with van der Waals surface area (Å²) < 4.78 is 5.41. The fourth-order valence-corrected chi connectivity index (χ4v) is 1.78. The van der Waals surface area contributed by atoms with Crippen LogP contribution in [0.15, 0.2) is 54.6 Å². The molecule has 0 saturated heterocycles. The Morgan fingerprint density at radius 3 is 2.32 bits per heavy atom. The topological polar surface area (TPSA) is 67.4 Å². The molecule has 0 unspecified atom stereocenters. The molecule has 5 nitrogen and oxygen atoms in total. The van der Waals surface area contributed by atoms with E-state index in [4.69, 9.17) is 16.3 Å². The van der Waals surface area contributed by atoms with Crippen molar-refractivity contribution in [1.29, 1.82) is 0 Å². The van der Waals surface area contributed by atoms with Gasteiger partial charge in [0, 0.05) is 10.7 Å². The molecule has 0 atom stereocenters. The molecule has 0 aliphatic heterocycles. The first-order valence-corrected chi connectivity index (χ1v) is 7.05. The summed E-state index contributed by atoms with van der Waals surface area (Å²) in [6.07, 6.45) is 0. The first-order chi connectivity index (χ1) is 10.6. The van der Waals surface area contributed by atoms with Crippen molar-refractivity contribution in [3.8, 4) is 5.75 Å². The van der Waals surface area contributed by atoms with Gasteiger partial charge in [-0.05, 0) is 36.4 Å². The van der Waals surface area contributed by atoms with E-state index < -0.39 is 11.8 Å². The molecule has 2 aromatic rings. The second-order valence-electron chi connectivity index (χ2n) is 4.38. The van der Waals surface area contributed by atoms with Crippen LogP contribution in [0.1, 0.15) is 0 Å². The van der Waals surface area contributed by atoms with Crippen LogP contribution in [0, 0.1) is 0 Å². The summed E-state index contributed by atoms with van der Waals surface area (Å²) in [5.74, 6) is -0.740. The molecule has 0 aliphatic rings. The van der Waals surface area contributed by atoms with Crippen molar-refractivity contribution in [2.75, 3.05) is 18.5 Å². The predicted octanol–water partition coefficient (Wildman–Crippen LogP) is 2.47. The summed E-state index contributed by atoms with van der Waals surface area (Å²) in [7, 11) is 0. The Kier molecular flexibility index (Phi) is 5.80. The van der Waals surface area contributed by atoms with E-state index in [-0.39, 0.29) is 13.2 Å². The van der Waals surface area contributed by atoms with Gasteiger partial charge in [0.25, 0.3) is 0 Å². The summed E-state index contributed by atoms with van der Waals surface area (Å²) in [4.78, 5) is 23.3. The molecule has 0 heterocycles. The third kappa shape index (κ3) is 5.10. The van der Waals surface area contributed by atoms with E-state index in [1.807, 2.05) is 30.3 Å². The molecule has 0 aromatic heterocycles. The Morgan fingerprint density at radius 2 is 1.64 bits per heavy atom. The smallest absolute Gasteiger partial charge is 0.313 e. The second-order valence-corrected chi connectivity index (χ2v) is 4.81. The van der Waals surface area contributed by atoms with Crippen molar-refractivity contribution in [3.63, 3.8) is 0 Å². The van der Waals surface area contributed by atoms with Gasteiger partial charge < -0.3 is 15.4 Å². The number of para-hydroxylation sites is 1. The van der Waals surface area contributed by atoms with Gasteiger partial charge in [-0.3, -0.25) is 9.59 Å². The summed E-state index contributed by atoms with van der Waals surface area (Å²) in [6.45, 7) is 0.520. The quantitative estimate of drug-likeness (QED) is 0.657. The highest BCUT2D eigenvalue weighted by Crippen LogP contribution is 2.13. The van der Waals surface area contributed by atoms with E-state index in [9.17, 15) is 9.59 Å². The Bertz CT molecular complexity index is 630. The van der Waals surface area contributed by atoms with Gasteiger partial charge in [0.2, 0.25) is 0 Å². The number of carbonyl (C=O) groups excluding carboxylic acids is 2. The molecule has 0 spiro atoms. The largest absolute Gasteiger partial charge is 0.492 e. The minimum absolute atomic E-state index is 0.238. The molecule has 0 saturated carbocycles. The summed E-state index contributed by atoms with van der Waals surface area (Å²) in [5, 5.41) is 5.52. The van der Waals surface area contributed by atoms with Gasteiger partial charge in [-0.2, -0.15) is 0 Å². The first-order valence-electron chi connectivity index (χ1n) is 6.68. The number of benzene rings is 2. The van der Waals surface area contributed by atoms with Gasteiger partial charge in [-0.15, -0.1) is 0 Å². The number of amides is 2. The van der Waals surface area contributed by atoms with E-state index in [2.05, 4.69) is 10.6 Å². The number of hydrogen-bond donors (Lipinski definition) is 2. The molecule has 0 aliphatic carbocycles. The molecule has 2 rings (SSSR count). The number of carbonyl (C=O) groups is 2. The maximum absolute atomic E-state index is 11.7. The summed E-state index contributed by atoms with van der Waals surface area (Å²) in [5.41, 5.74) is 0.505. The molecule has 2 amide bonds. The van der Waals surface area contributed by atoms with Crippen LogP contribution in [0.2, 0.25) is 5.02 Å². The van der Waals surface area contributed by atoms with Gasteiger partial charge in [0.1, 0.15) is 12.4 Å². The highest BCUT2D eigenvalue weighted by Gasteiger charge is 2.12. The normalized spacial score (nSPS) is 9.86. The average Bonchev–Trinajstić information content (AvgIpc) is 2.54. The van der Waals surface area contributed by atoms with Crippen LogP contribution in [0.5, 0.6) is 5.75 Å². The molecule has 0 radical (unpaired) electrons. The zero-order chi connectivity index (χ0) is 15.8. The zero-order valence-corrected chi connectivity index (χ0v) is 12.5. The van der Waals surface area contributed by atoms with E-state index in [1.54, 1.807) is 24.3 Å². The molecule has 6 heteroatoms. The Hall–Kier alpha value is -2.53. The number of nitrogens with one attached hydrogen (secondary N) is 2. The molecule has 2 aromatic carbocycles. The molecular weight excluding hydrogens is 304 g/mol. The van der Waals surface area contributed by atoms with Crippen LogP contribution in [0.25, 0.3) is 0 Å². The lowest BCUT2D eigenvalue weighted by Gasteiger charge is -2.08. The van der Waals surface area contributed by atoms with Gasteiger partial charge in [0.15, 0.2) is 0 Å². The minimum Gasteiger partial charge on any atom is -0.492 e. The molecule has 0 fully saturated rings. The molecule has 0 bridgehead atoms. The van der Waals surface area contributed by atoms with Crippen LogP contribution in [-0.4, -0.2) is 25.0 Å². The Morgan fingerprint density at radius 1 is 0.955 bits per heavy atom. The third-order valence-electron chi connectivity index (χ3n) is 2.71. The highest BCUT2D eigenvalue weighted by atomic mass is 35.5. The van der Waals surface area contributed by atoms with Crippen LogP contribution in [-0.2, 0) is 9.59 Å². The lowest BCUT2D eigenvalue weighted by atomic mass is 10.3. The molecule has 2 N–H and O–H groups in total. The molecule has 114 valence electrons. The van der Waals surface area contributed by atoms with Gasteiger partial charge in [0.05, 0.1) is 6.54 Å². The predicted molar refractivity (Wildman–Crippen MR) is 85.0 cm³/mol. The van der Waals surface area contributed by atoms with Gasteiger partial charge >= 0.3 is 11.8 Å². The number of ether oxygens (including phenoxy) is 1. The van der Waals surface area contributed by atoms with Crippen molar-refractivity contribution in [3.05, 3.63) is 59.6 Å². The second kappa shape index (κ2) is 8.05. The van der Waals surface area contributed by atoms with E-state index >= 15 is 0 Å². The van der Waals surface area contributed by atoms with Crippen molar-refractivity contribution in [2.45, 2.75) is 0 Å².